The highest BCUT2D eigenvalue weighted by atomic mass is 31.0. The minimum atomic E-state index is 0.0535. The Morgan fingerprint density at radius 1 is 0.892 bits per heavy atom. The van der Waals surface area contributed by atoms with Gasteiger partial charge in [0.05, 0.1) is 0 Å². The van der Waals surface area contributed by atoms with Crippen LogP contribution in [-0.4, -0.2) is 36.5 Å². The molecule has 6 aliphatic carbocycles. The highest BCUT2D eigenvalue weighted by molar-refractivity contribution is 7.19. The number of hydrogen-bond donors (Lipinski definition) is 2. The molecule has 0 aromatic heterocycles. The maximum atomic E-state index is 4.07. The molecule has 0 aromatic carbocycles. The zero-order valence-electron chi connectivity index (χ0n) is 22.7. The maximum absolute atomic E-state index is 4.07. The van der Waals surface area contributed by atoms with Crippen molar-refractivity contribution in [1.82, 2.24) is 10.6 Å². The Hall–Kier alpha value is -0.520. The van der Waals surface area contributed by atoms with Gasteiger partial charge in [-0.1, -0.05) is 49.3 Å². The average Bonchev–Trinajstić information content (AvgIpc) is 3.41. The van der Waals surface area contributed by atoms with Crippen molar-refractivity contribution in [3.63, 3.8) is 0 Å². The summed E-state index contributed by atoms with van der Waals surface area (Å²) in [4.78, 5) is 0. The molecular formula is C33H48N2P2. The van der Waals surface area contributed by atoms with E-state index in [-0.39, 0.29) is 5.16 Å². The predicted molar refractivity (Wildman–Crippen MR) is 164 cm³/mol. The van der Waals surface area contributed by atoms with Gasteiger partial charge in [0.1, 0.15) is 0 Å². The van der Waals surface area contributed by atoms with Gasteiger partial charge in [0, 0.05) is 17.2 Å². The largest absolute Gasteiger partial charge is 0.313 e. The van der Waals surface area contributed by atoms with Crippen LogP contribution in [0.1, 0.15) is 77.0 Å². The lowest BCUT2D eigenvalue weighted by molar-refractivity contribution is -0.0770. The molecule has 2 nitrogen and oxygen atoms in total. The van der Waals surface area contributed by atoms with Gasteiger partial charge >= 0.3 is 0 Å². The van der Waals surface area contributed by atoms with Crippen LogP contribution < -0.4 is 10.6 Å². The summed E-state index contributed by atoms with van der Waals surface area (Å²) in [6.45, 7) is 2.35. The van der Waals surface area contributed by atoms with Gasteiger partial charge in [-0.25, -0.2) is 0 Å². The SMILES string of the molecule is PCC1C2CC3CC(C2)CC1(C1=CC(=C2C=CC=CC2)C=C1C(P)(C1CCCCN1)C1CCCCN1)C3. The normalized spacial score (nSPS) is 44.6. The Labute approximate surface area is 230 Å². The molecule has 2 heterocycles. The molecule has 37 heavy (non-hydrogen) atoms. The smallest absolute Gasteiger partial charge is 0.0405 e. The van der Waals surface area contributed by atoms with Gasteiger partial charge < -0.3 is 10.6 Å². The fraction of sp³-hybridized carbons (Fsp3) is 0.697. The average molecular weight is 535 g/mol. The minimum Gasteiger partial charge on any atom is -0.313 e. The van der Waals surface area contributed by atoms with Crippen molar-refractivity contribution in [3.05, 3.63) is 58.7 Å². The Morgan fingerprint density at radius 3 is 2.16 bits per heavy atom. The Bertz CT molecular complexity index is 1020. The molecule has 4 heteroatoms. The molecule has 8 rings (SSSR count). The lowest BCUT2D eigenvalue weighted by Gasteiger charge is -2.63. The van der Waals surface area contributed by atoms with Crippen LogP contribution in [0.15, 0.2) is 58.7 Å². The Balaban J connectivity index is 1.39. The molecule has 6 fully saturated rings. The van der Waals surface area contributed by atoms with Crippen molar-refractivity contribution in [1.29, 1.82) is 0 Å². The van der Waals surface area contributed by atoms with Crippen LogP contribution in [0.25, 0.3) is 0 Å². The number of piperidine rings is 2. The molecule has 2 N–H and O–H groups in total. The van der Waals surface area contributed by atoms with Gasteiger partial charge in [0.25, 0.3) is 0 Å². The van der Waals surface area contributed by atoms with E-state index in [4.69, 9.17) is 0 Å². The summed E-state index contributed by atoms with van der Waals surface area (Å²) in [5.41, 5.74) is 6.89. The summed E-state index contributed by atoms with van der Waals surface area (Å²) in [6.07, 6.45) is 32.4. The molecular weight excluding hydrogens is 486 g/mol. The molecule has 0 spiro atoms. The van der Waals surface area contributed by atoms with E-state index in [1.165, 1.54) is 101 Å². The summed E-state index contributed by atoms with van der Waals surface area (Å²) in [6, 6.07) is 1.07. The van der Waals surface area contributed by atoms with Crippen molar-refractivity contribution in [2.45, 2.75) is 94.3 Å². The molecule has 7 unspecified atom stereocenters. The third kappa shape index (κ3) is 4.19. The topological polar surface area (TPSA) is 24.1 Å². The van der Waals surface area contributed by atoms with Gasteiger partial charge in [-0.2, -0.15) is 0 Å². The lowest BCUT2D eigenvalue weighted by atomic mass is 9.43. The summed E-state index contributed by atoms with van der Waals surface area (Å²) in [5, 5.41) is 8.20. The zero-order chi connectivity index (χ0) is 25.0. The van der Waals surface area contributed by atoms with Crippen molar-refractivity contribution in [2.75, 3.05) is 19.3 Å². The molecule has 7 atom stereocenters. The van der Waals surface area contributed by atoms with Gasteiger partial charge in [0.2, 0.25) is 0 Å². The molecule has 0 radical (unpaired) electrons. The standard InChI is InChI=1S/C33H48N2P2/c36-21-29-26-15-22-14-23(16-26)20-32(29,19-22)27-17-25(24-8-2-1-3-9-24)18-28(27)33(37,30-10-4-6-12-34-30)31-11-5-7-13-35-31/h1-3,8,17-18,22-23,26,29-31,34-35H,4-7,9-16,19-21,36-37H2. The number of rotatable bonds is 5. The lowest BCUT2D eigenvalue weighted by Crippen LogP contribution is -2.63. The van der Waals surface area contributed by atoms with Crippen LogP contribution in [0.5, 0.6) is 0 Å². The van der Waals surface area contributed by atoms with E-state index in [1.54, 1.807) is 11.1 Å². The van der Waals surface area contributed by atoms with Crippen LogP contribution in [0, 0.1) is 29.1 Å². The van der Waals surface area contributed by atoms with Crippen LogP contribution >= 0.6 is 18.5 Å². The number of nitrogens with one attached hydrogen (secondary N) is 2. The maximum Gasteiger partial charge on any atom is 0.0405 e. The third-order valence-corrected chi connectivity index (χ3v) is 13.3. The van der Waals surface area contributed by atoms with Crippen molar-refractivity contribution in [2.24, 2.45) is 29.1 Å². The van der Waals surface area contributed by atoms with E-state index in [9.17, 15) is 0 Å². The van der Waals surface area contributed by atoms with E-state index in [0.717, 1.165) is 30.1 Å². The minimum absolute atomic E-state index is 0.0535. The van der Waals surface area contributed by atoms with Gasteiger partial charge in [-0.15, -0.1) is 18.5 Å². The zero-order valence-corrected chi connectivity index (χ0v) is 25.0. The van der Waals surface area contributed by atoms with E-state index in [2.05, 4.69) is 65.6 Å². The van der Waals surface area contributed by atoms with Crippen molar-refractivity contribution in [3.8, 4) is 0 Å². The van der Waals surface area contributed by atoms with Crippen LogP contribution in [0.2, 0.25) is 0 Å². The first-order chi connectivity index (χ1) is 18.1. The first kappa shape index (κ1) is 25.4. The molecule has 4 bridgehead atoms. The number of allylic oxidation sites excluding steroid dienone is 9. The highest BCUT2D eigenvalue weighted by Crippen LogP contribution is 2.68. The summed E-state index contributed by atoms with van der Waals surface area (Å²) in [7, 11) is 6.77. The van der Waals surface area contributed by atoms with Crippen LogP contribution in [0.4, 0.5) is 0 Å². The van der Waals surface area contributed by atoms with E-state index < -0.39 is 0 Å². The Morgan fingerprint density at radius 2 is 1.59 bits per heavy atom. The number of hydrogen-bond acceptors (Lipinski definition) is 2. The second kappa shape index (κ2) is 10.1. The first-order valence-electron chi connectivity index (χ1n) is 15.6. The second-order valence-electron chi connectivity index (χ2n) is 13.6. The van der Waals surface area contributed by atoms with E-state index in [1.807, 2.05) is 0 Å². The van der Waals surface area contributed by atoms with Crippen LogP contribution in [0.3, 0.4) is 0 Å². The quantitative estimate of drug-likeness (QED) is 0.376. The van der Waals surface area contributed by atoms with Gasteiger partial charge in [-0.05, 0) is 135 Å². The van der Waals surface area contributed by atoms with Crippen LogP contribution in [-0.2, 0) is 0 Å². The molecule has 2 saturated heterocycles. The van der Waals surface area contributed by atoms with E-state index >= 15 is 0 Å². The Kier molecular flexibility index (Phi) is 6.98. The molecule has 0 amide bonds. The third-order valence-electron chi connectivity index (χ3n) is 11.7. The fourth-order valence-electron chi connectivity index (χ4n) is 10.3. The van der Waals surface area contributed by atoms with Crippen molar-refractivity contribution >= 4 is 18.5 Å². The molecule has 200 valence electrons. The fourth-order valence-corrected chi connectivity index (χ4v) is 12.0. The second-order valence-corrected chi connectivity index (χ2v) is 15.1. The summed E-state index contributed by atoms with van der Waals surface area (Å²) in [5.74, 6) is 3.70. The summed E-state index contributed by atoms with van der Waals surface area (Å²) < 4.78 is 0. The monoisotopic (exact) mass is 534 g/mol. The highest BCUT2D eigenvalue weighted by Gasteiger charge is 2.60. The molecule has 8 aliphatic rings. The first-order valence-corrected chi connectivity index (χ1v) is 17.0. The van der Waals surface area contributed by atoms with E-state index in [0.29, 0.717) is 17.5 Å². The van der Waals surface area contributed by atoms with Crippen molar-refractivity contribution < 1.29 is 0 Å². The van der Waals surface area contributed by atoms with Gasteiger partial charge in [0.15, 0.2) is 0 Å². The molecule has 4 saturated carbocycles. The van der Waals surface area contributed by atoms with Gasteiger partial charge in [-0.3, -0.25) is 0 Å². The summed E-state index contributed by atoms with van der Waals surface area (Å²) >= 11 is 0. The molecule has 0 aromatic rings. The molecule has 2 aliphatic heterocycles. The predicted octanol–water partition coefficient (Wildman–Crippen LogP) is 6.88.